The third kappa shape index (κ3) is 3.76. The standard InChI is InChI=1S/C12H24N2O2/c1-5-9(2)10(3)14-11(15)6-16-12(4)7-13-8-12/h9-10,13H,5-8H2,1-4H3,(H,14,15). The molecule has 4 nitrogen and oxygen atoms in total. The molecule has 1 saturated heterocycles. The van der Waals surface area contributed by atoms with Crippen LogP contribution in [-0.2, 0) is 9.53 Å². The van der Waals surface area contributed by atoms with Crippen LogP contribution in [0.4, 0.5) is 0 Å². The van der Waals surface area contributed by atoms with Crippen molar-refractivity contribution in [3.8, 4) is 0 Å². The lowest BCUT2D eigenvalue weighted by atomic mass is 10.00. The highest BCUT2D eigenvalue weighted by Gasteiger charge is 2.33. The summed E-state index contributed by atoms with van der Waals surface area (Å²) >= 11 is 0. The van der Waals surface area contributed by atoms with Crippen LogP contribution < -0.4 is 10.6 Å². The van der Waals surface area contributed by atoms with E-state index in [1.54, 1.807) is 0 Å². The minimum Gasteiger partial charge on any atom is -0.363 e. The topological polar surface area (TPSA) is 50.4 Å². The number of amides is 1. The van der Waals surface area contributed by atoms with Crippen LogP contribution in [0.5, 0.6) is 0 Å². The number of carbonyl (C=O) groups excluding carboxylic acids is 1. The summed E-state index contributed by atoms with van der Waals surface area (Å²) < 4.78 is 5.57. The zero-order valence-corrected chi connectivity index (χ0v) is 10.8. The molecule has 0 saturated carbocycles. The van der Waals surface area contributed by atoms with Gasteiger partial charge in [-0.15, -0.1) is 0 Å². The molecule has 0 aromatic carbocycles. The highest BCUT2D eigenvalue weighted by Crippen LogP contribution is 2.14. The predicted octanol–water partition coefficient (Wildman–Crippen LogP) is 0.916. The molecule has 1 aliphatic rings. The molecule has 16 heavy (non-hydrogen) atoms. The number of nitrogens with one attached hydrogen (secondary N) is 2. The Morgan fingerprint density at radius 2 is 2.12 bits per heavy atom. The summed E-state index contributed by atoms with van der Waals surface area (Å²) in [6.07, 6.45) is 1.07. The van der Waals surface area contributed by atoms with Crippen LogP contribution in [0.1, 0.15) is 34.1 Å². The fraction of sp³-hybridized carbons (Fsp3) is 0.917. The quantitative estimate of drug-likeness (QED) is 0.710. The summed E-state index contributed by atoms with van der Waals surface area (Å²) in [4.78, 5) is 11.6. The molecular formula is C12H24N2O2. The van der Waals surface area contributed by atoms with Gasteiger partial charge in [-0.1, -0.05) is 20.3 Å². The first-order valence-corrected chi connectivity index (χ1v) is 6.11. The highest BCUT2D eigenvalue weighted by atomic mass is 16.5. The van der Waals surface area contributed by atoms with Crippen molar-refractivity contribution in [1.82, 2.24) is 10.6 Å². The van der Waals surface area contributed by atoms with Crippen molar-refractivity contribution < 1.29 is 9.53 Å². The summed E-state index contributed by atoms with van der Waals surface area (Å²) in [5.74, 6) is 0.492. The van der Waals surface area contributed by atoms with Crippen molar-refractivity contribution in [3.05, 3.63) is 0 Å². The lowest BCUT2D eigenvalue weighted by Gasteiger charge is -2.38. The SMILES string of the molecule is CCC(C)C(C)NC(=O)COC1(C)CNC1. The monoisotopic (exact) mass is 228 g/mol. The Balaban J connectivity index is 2.20. The minimum atomic E-state index is -0.142. The van der Waals surface area contributed by atoms with E-state index in [0.717, 1.165) is 19.5 Å². The van der Waals surface area contributed by atoms with Gasteiger partial charge in [0.05, 0.1) is 5.60 Å². The second-order valence-corrected chi connectivity index (χ2v) is 5.08. The Bertz CT molecular complexity index is 239. The largest absolute Gasteiger partial charge is 0.363 e. The predicted molar refractivity (Wildman–Crippen MR) is 64.3 cm³/mol. The molecule has 2 N–H and O–H groups in total. The van der Waals surface area contributed by atoms with E-state index >= 15 is 0 Å². The van der Waals surface area contributed by atoms with E-state index in [0.29, 0.717) is 5.92 Å². The third-order valence-electron chi connectivity index (χ3n) is 3.44. The zero-order chi connectivity index (χ0) is 12.2. The average molecular weight is 228 g/mol. The molecule has 1 heterocycles. The van der Waals surface area contributed by atoms with Gasteiger partial charge >= 0.3 is 0 Å². The summed E-state index contributed by atoms with van der Waals surface area (Å²) in [5.41, 5.74) is -0.142. The maximum absolute atomic E-state index is 11.6. The van der Waals surface area contributed by atoms with Gasteiger partial charge in [0.25, 0.3) is 0 Å². The van der Waals surface area contributed by atoms with Gasteiger partial charge in [-0.3, -0.25) is 4.79 Å². The highest BCUT2D eigenvalue weighted by molar-refractivity contribution is 5.77. The van der Waals surface area contributed by atoms with E-state index in [9.17, 15) is 4.79 Å². The van der Waals surface area contributed by atoms with E-state index in [4.69, 9.17) is 4.74 Å². The third-order valence-corrected chi connectivity index (χ3v) is 3.44. The normalized spacial score (nSPS) is 22.0. The Morgan fingerprint density at radius 1 is 1.50 bits per heavy atom. The molecule has 0 radical (unpaired) electrons. The van der Waals surface area contributed by atoms with E-state index in [1.807, 2.05) is 13.8 Å². The van der Waals surface area contributed by atoms with Gasteiger partial charge in [0.2, 0.25) is 5.91 Å². The Kier molecular flexibility index (Phi) is 4.74. The maximum atomic E-state index is 11.6. The van der Waals surface area contributed by atoms with Crippen LogP contribution in [0.3, 0.4) is 0 Å². The molecule has 1 aliphatic heterocycles. The lowest BCUT2D eigenvalue weighted by Crippen LogP contribution is -2.59. The fourth-order valence-corrected chi connectivity index (χ4v) is 1.61. The number of ether oxygens (including phenoxy) is 1. The minimum absolute atomic E-state index is 0.0130. The van der Waals surface area contributed by atoms with E-state index in [-0.39, 0.29) is 24.2 Å². The van der Waals surface area contributed by atoms with Gasteiger partial charge in [-0.05, 0) is 19.8 Å². The molecule has 0 aliphatic carbocycles. The molecule has 1 amide bonds. The molecular weight excluding hydrogens is 204 g/mol. The van der Waals surface area contributed by atoms with Crippen LogP contribution in [-0.4, -0.2) is 37.2 Å². The second-order valence-electron chi connectivity index (χ2n) is 5.08. The molecule has 0 bridgehead atoms. The average Bonchev–Trinajstić information content (AvgIpc) is 2.22. The first kappa shape index (κ1) is 13.5. The number of hydrogen-bond acceptors (Lipinski definition) is 3. The van der Waals surface area contributed by atoms with Crippen molar-refractivity contribution in [2.45, 2.75) is 45.8 Å². The van der Waals surface area contributed by atoms with Gasteiger partial charge < -0.3 is 15.4 Å². The van der Waals surface area contributed by atoms with Crippen molar-refractivity contribution >= 4 is 5.91 Å². The summed E-state index contributed by atoms with van der Waals surface area (Å²) in [5, 5.41) is 6.10. The first-order chi connectivity index (χ1) is 7.47. The van der Waals surface area contributed by atoms with E-state index in [2.05, 4.69) is 24.5 Å². The van der Waals surface area contributed by atoms with Crippen LogP contribution in [0.2, 0.25) is 0 Å². The number of hydrogen-bond donors (Lipinski definition) is 2. The summed E-state index contributed by atoms with van der Waals surface area (Å²) in [6.45, 7) is 10.2. The van der Waals surface area contributed by atoms with Gasteiger partial charge in [0, 0.05) is 19.1 Å². The number of rotatable bonds is 6. The Morgan fingerprint density at radius 3 is 2.56 bits per heavy atom. The van der Waals surface area contributed by atoms with Crippen LogP contribution >= 0.6 is 0 Å². The lowest BCUT2D eigenvalue weighted by molar-refractivity contribution is -0.136. The van der Waals surface area contributed by atoms with E-state index in [1.165, 1.54) is 0 Å². The molecule has 2 atom stereocenters. The Labute approximate surface area is 98.1 Å². The van der Waals surface area contributed by atoms with Crippen LogP contribution in [0, 0.1) is 5.92 Å². The fourth-order valence-electron chi connectivity index (χ4n) is 1.61. The summed E-state index contributed by atoms with van der Waals surface area (Å²) in [7, 11) is 0. The second kappa shape index (κ2) is 5.64. The van der Waals surface area contributed by atoms with Gasteiger partial charge in [0.15, 0.2) is 0 Å². The first-order valence-electron chi connectivity index (χ1n) is 6.11. The van der Waals surface area contributed by atoms with Gasteiger partial charge in [-0.25, -0.2) is 0 Å². The molecule has 0 spiro atoms. The van der Waals surface area contributed by atoms with Crippen molar-refractivity contribution in [1.29, 1.82) is 0 Å². The maximum Gasteiger partial charge on any atom is 0.246 e. The van der Waals surface area contributed by atoms with Gasteiger partial charge in [0.1, 0.15) is 6.61 Å². The molecule has 1 fully saturated rings. The van der Waals surface area contributed by atoms with Crippen LogP contribution in [0.15, 0.2) is 0 Å². The smallest absolute Gasteiger partial charge is 0.246 e. The molecule has 1 rings (SSSR count). The van der Waals surface area contributed by atoms with E-state index < -0.39 is 0 Å². The Hall–Kier alpha value is -0.610. The van der Waals surface area contributed by atoms with Crippen LogP contribution in [0.25, 0.3) is 0 Å². The zero-order valence-electron chi connectivity index (χ0n) is 10.8. The van der Waals surface area contributed by atoms with Gasteiger partial charge in [-0.2, -0.15) is 0 Å². The molecule has 4 heteroatoms. The van der Waals surface area contributed by atoms with Crippen molar-refractivity contribution in [2.24, 2.45) is 5.92 Å². The summed E-state index contributed by atoms with van der Waals surface area (Å²) in [6, 6.07) is 0.216. The molecule has 0 aromatic heterocycles. The molecule has 94 valence electrons. The molecule has 0 aromatic rings. The molecule has 2 unspecified atom stereocenters. The number of carbonyl (C=O) groups is 1. The van der Waals surface area contributed by atoms with Crippen molar-refractivity contribution in [2.75, 3.05) is 19.7 Å². The van der Waals surface area contributed by atoms with Crippen molar-refractivity contribution in [3.63, 3.8) is 0 Å².